The molecule has 0 atom stereocenters. The number of benzene rings is 1. The van der Waals surface area contributed by atoms with Crippen LogP contribution in [0.2, 0.25) is 0 Å². The van der Waals surface area contributed by atoms with Gasteiger partial charge in [0.2, 0.25) is 0 Å². The van der Waals surface area contributed by atoms with Gasteiger partial charge in [-0.2, -0.15) is 0 Å². The van der Waals surface area contributed by atoms with Crippen LogP contribution in [0, 0.1) is 0 Å². The highest BCUT2D eigenvalue weighted by Crippen LogP contribution is 2.28. The first-order chi connectivity index (χ1) is 9.76. The van der Waals surface area contributed by atoms with Gasteiger partial charge in [0.15, 0.2) is 11.5 Å². The molecule has 2 rings (SSSR count). The molecule has 1 heterocycles. The van der Waals surface area contributed by atoms with E-state index in [0.29, 0.717) is 0 Å². The maximum Gasteiger partial charge on any atom is 0.161 e. The third kappa shape index (κ3) is 3.71. The van der Waals surface area contributed by atoms with Gasteiger partial charge >= 0.3 is 0 Å². The van der Waals surface area contributed by atoms with Crippen molar-refractivity contribution in [2.24, 2.45) is 0 Å². The number of nitrogens with zero attached hydrogens (tertiary/aromatic N) is 2. The van der Waals surface area contributed by atoms with Crippen molar-refractivity contribution in [2.75, 3.05) is 20.8 Å². The summed E-state index contributed by atoms with van der Waals surface area (Å²) in [5, 5.41) is 2.09. The fraction of sp³-hybridized carbons (Fsp3) is 0.400. The molecule has 0 spiro atoms. The predicted molar refractivity (Wildman–Crippen MR) is 81.4 cm³/mol. The topological polar surface area (TPSA) is 34.6 Å². The van der Waals surface area contributed by atoms with Crippen molar-refractivity contribution < 1.29 is 9.47 Å². The molecular weight excluding hydrogens is 272 g/mol. The first-order valence-electron chi connectivity index (χ1n) is 6.57. The van der Waals surface area contributed by atoms with Crippen LogP contribution in [-0.2, 0) is 13.1 Å². The van der Waals surface area contributed by atoms with Gasteiger partial charge in [-0.05, 0) is 24.2 Å². The molecule has 1 aromatic heterocycles. The van der Waals surface area contributed by atoms with Gasteiger partial charge in [-0.3, -0.25) is 4.90 Å². The molecule has 0 aliphatic carbocycles. The number of hydrogen-bond acceptors (Lipinski definition) is 5. The van der Waals surface area contributed by atoms with Crippen molar-refractivity contribution in [3.05, 3.63) is 40.3 Å². The third-order valence-electron chi connectivity index (χ3n) is 3.17. The number of hydrogen-bond donors (Lipinski definition) is 0. The highest BCUT2D eigenvalue weighted by molar-refractivity contribution is 7.07. The van der Waals surface area contributed by atoms with E-state index in [1.807, 2.05) is 17.6 Å². The highest BCUT2D eigenvalue weighted by Gasteiger charge is 2.09. The minimum absolute atomic E-state index is 0.763. The minimum Gasteiger partial charge on any atom is -0.493 e. The van der Waals surface area contributed by atoms with Crippen LogP contribution in [0.25, 0.3) is 0 Å². The van der Waals surface area contributed by atoms with Crippen LogP contribution in [0.5, 0.6) is 11.5 Å². The van der Waals surface area contributed by atoms with Crippen molar-refractivity contribution in [2.45, 2.75) is 20.0 Å². The van der Waals surface area contributed by atoms with E-state index in [9.17, 15) is 0 Å². The maximum atomic E-state index is 5.34. The van der Waals surface area contributed by atoms with Crippen molar-refractivity contribution >= 4 is 11.3 Å². The Morgan fingerprint density at radius 2 is 1.95 bits per heavy atom. The number of thiazole rings is 1. The molecule has 0 amide bonds. The molecule has 4 nitrogen and oxygen atoms in total. The lowest BCUT2D eigenvalue weighted by Crippen LogP contribution is -2.22. The Labute approximate surface area is 124 Å². The molecule has 20 heavy (non-hydrogen) atoms. The smallest absolute Gasteiger partial charge is 0.161 e. The summed E-state index contributed by atoms with van der Waals surface area (Å²) in [6, 6.07) is 6.05. The lowest BCUT2D eigenvalue weighted by Gasteiger charge is -2.20. The van der Waals surface area contributed by atoms with Gasteiger partial charge in [-0.1, -0.05) is 13.0 Å². The predicted octanol–water partition coefficient (Wildman–Crippen LogP) is 3.18. The third-order valence-corrected chi connectivity index (χ3v) is 3.81. The maximum absolute atomic E-state index is 5.34. The second-order valence-corrected chi connectivity index (χ2v) is 5.19. The van der Waals surface area contributed by atoms with Crippen LogP contribution in [0.1, 0.15) is 18.2 Å². The Kier molecular flexibility index (Phi) is 5.38. The van der Waals surface area contributed by atoms with Crippen LogP contribution in [0.3, 0.4) is 0 Å². The Morgan fingerprint density at radius 3 is 2.55 bits per heavy atom. The molecule has 1 aromatic carbocycles. The van der Waals surface area contributed by atoms with E-state index in [1.165, 1.54) is 5.56 Å². The zero-order valence-electron chi connectivity index (χ0n) is 12.1. The van der Waals surface area contributed by atoms with Crippen LogP contribution in [0.15, 0.2) is 29.1 Å². The van der Waals surface area contributed by atoms with E-state index in [-0.39, 0.29) is 0 Å². The zero-order chi connectivity index (χ0) is 14.4. The average Bonchev–Trinajstić information content (AvgIpc) is 2.99. The molecular formula is C15H20N2O2S. The summed E-state index contributed by atoms with van der Waals surface area (Å²) in [6.07, 6.45) is 0. The first kappa shape index (κ1) is 14.8. The Hall–Kier alpha value is -1.59. The van der Waals surface area contributed by atoms with Crippen LogP contribution in [0.4, 0.5) is 0 Å². The second kappa shape index (κ2) is 7.26. The van der Waals surface area contributed by atoms with E-state index < -0.39 is 0 Å². The molecule has 0 aliphatic heterocycles. The number of aromatic nitrogens is 1. The first-order valence-corrected chi connectivity index (χ1v) is 7.51. The van der Waals surface area contributed by atoms with Crippen molar-refractivity contribution in [3.63, 3.8) is 0 Å². The molecule has 5 heteroatoms. The zero-order valence-corrected chi connectivity index (χ0v) is 12.9. The molecule has 0 N–H and O–H groups in total. The summed E-state index contributed by atoms with van der Waals surface area (Å²) >= 11 is 1.64. The van der Waals surface area contributed by atoms with Crippen LogP contribution in [-0.4, -0.2) is 30.6 Å². The Bertz CT molecular complexity index is 529. The second-order valence-electron chi connectivity index (χ2n) is 4.47. The van der Waals surface area contributed by atoms with Gasteiger partial charge in [0, 0.05) is 18.5 Å². The fourth-order valence-corrected chi connectivity index (χ4v) is 2.61. The molecule has 0 bridgehead atoms. The summed E-state index contributed by atoms with van der Waals surface area (Å²) in [5.74, 6) is 1.54. The molecule has 0 unspecified atom stereocenters. The summed E-state index contributed by atoms with van der Waals surface area (Å²) < 4.78 is 10.6. The van der Waals surface area contributed by atoms with E-state index in [2.05, 4.69) is 28.3 Å². The van der Waals surface area contributed by atoms with Gasteiger partial charge < -0.3 is 9.47 Å². The molecule has 0 radical (unpaired) electrons. The van der Waals surface area contributed by atoms with E-state index in [1.54, 1.807) is 25.6 Å². The molecule has 0 saturated heterocycles. The van der Waals surface area contributed by atoms with Crippen LogP contribution < -0.4 is 9.47 Å². The van der Waals surface area contributed by atoms with Crippen LogP contribution >= 0.6 is 11.3 Å². The quantitative estimate of drug-likeness (QED) is 0.785. The fourth-order valence-electron chi connectivity index (χ4n) is 2.06. The largest absolute Gasteiger partial charge is 0.493 e. The lowest BCUT2D eigenvalue weighted by atomic mass is 10.2. The molecule has 0 aliphatic rings. The minimum atomic E-state index is 0.763. The highest BCUT2D eigenvalue weighted by atomic mass is 32.1. The average molecular weight is 292 g/mol. The Balaban J connectivity index is 2.07. The van der Waals surface area contributed by atoms with E-state index in [4.69, 9.17) is 9.47 Å². The summed E-state index contributed by atoms with van der Waals surface area (Å²) in [7, 11) is 3.31. The lowest BCUT2D eigenvalue weighted by molar-refractivity contribution is 0.268. The van der Waals surface area contributed by atoms with Gasteiger partial charge in [0.25, 0.3) is 0 Å². The summed E-state index contributed by atoms with van der Waals surface area (Å²) in [6.45, 7) is 4.88. The van der Waals surface area contributed by atoms with E-state index in [0.717, 1.165) is 36.8 Å². The van der Waals surface area contributed by atoms with E-state index >= 15 is 0 Å². The van der Waals surface area contributed by atoms with Gasteiger partial charge in [0.1, 0.15) is 0 Å². The Morgan fingerprint density at radius 1 is 1.15 bits per heavy atom. The molecule has 0 fully saturated rings. The number of methoxy groups -OCH3 is 2. The molecule has 108 valence electrons. The molecule has 2 aromatic rings. The monoisotopic (exact) mass is 292 g/mol. The standard InChI is InChI=1S/C15H20N2O2S/c1-4-17(9-13-10-20-11-16-13)8-12-5-6-14(18-2)15(7-12)19-3/h5-7,10-11H,4,8-9H2,1-3H3. The van der Waals surface area contributed by atoms with Gasteiger partial charge in [0.05, 0.1) is 25.4 Å². The normalized spacial score (nSPS) is 10.8. The summed E-state index contributed by atoms with van der Waals surface area (Å²) in [4.78, 5) is 6.68. The van der Waals surface area contributed by atoms with Crippen molar-refractivity contribution in [3.8, 4) is 11.5 Å². The van der Waals surface area contributed by atoms with Gasteiger partial charge in [-0.15, -0.1) is 11.3 Å². The number of rotatable bonds is 7. The SMILES string of the molecule is CCN(Cc1ccc(OC)c(OC)c1)Cc1cscn1. The van der Waals surface area contributed by atoms with Gasteiger partial charge in [-0.25, -0.2) is 4.98 Å². The summed E-state index contributed by atoms with van der Waals surface area (Å²) in [5.41, 5.74) is 4.21. The number of ether oxygens (including phenoxy) is 2. The molecule has 0 saturated carbocycles. The van der Waals surface area contributed by atoms with Crippen molar-refractivity contribution in [1.82, 2.24) is 9.88 Å². The van der Waals surface area contributed by atoms with Crippen molar-refractivity contribution in [1.29, 1.82) is 0 Å².